The predicted octanol–water partition coefficient (Wildman–Crippen LogP) is 2.65. The fraction of sp³-hybridized carbons (Fsp3) is 0.250. The Morgan fingerprint density at radius 1 is 1.43 bits per heavy atom. The van der Waals surface area contributed by atoms with Crippen LogP contribution in [0.2, 0.25) is 5.02 Å². The van der Waals surface area contributed by atoms with E-state index in [1.807, 2.05) is 0 Å². The molecule has 3 N–H and O–H groups in total. The van der Waals surface area contributed by atoms with E-state index < -0.39 is 10.0 Å². The highest BCUT2D eigenvalue weighted by molar-refractivity contribution is 9.10. The molecule has 114 valence electrons. The molecule has 1 aromatic carbocycles. The van der Waals surface area contributed by atoms with Crippen molar-refractivity contribution < 1.29 is 8.42 Å². The van der Waals surface area contributed by atoms with Crippen LogP contribution in [0.4, 0.5) is 5.69 Å². The number of nitrogens with zero attached hydrogens (tertiary/aromatic N) is 1. The van der Waals surface area contributed by atoms with Crippen molar-refractivity contribution in [3.8, 4) is 0 Å². The smallest absolute Gasteiger partial charge is 0.281 e. The predicted molar refractivity (Wildman–Crippen MR) is 86.0 cm³/mol. The van der Waals surface area contributed by atoms with Gasteiger partial charge in [-0.25, -0.2) is 0 Å². The van der Waals surface area contributed by atoms with E-state index in [0.717, 1.165) is 0 Å². The Balaban J connectivity index is 2.41. The van der Waals surface area contributed by atoms with E-state index in [1.165, 1.54) is 0 Å². The lowest BCUT2D eigenvalue weighted by Gasteiger charge is -2.10. The summed E-state index contributed by atoms with van der Waals surface area (Å²) < 4.78 is 27.9. The number of rotatable bonds is 5. The molecule has 0 saturated heterocycles. The van der Waals surface area contributed by atoms with Crippen LogP contribution in [0.3, 0.4) is 0 Å². The van der Waals surface area contributed by atoms with Crippen LogP contribution in [-0.4, -0.2) is 25.7 Å². The normalized spacial score (nSPS) is 11.6. The third kappa shape index (κ3) is 3.39. The highest BCUT2D eigenvalue weighted by atomic mass is 79.9. The molecule has 9 heteroatoms. The van der Waals surface area contributed by atoms with Gasteiger partial charge in [-0.1, -0.05) is 17.7 Å². The van der Waals surface area contributed by atoms with Crippen molar-refractivity contribution in [3.63, 3.8) is 0 Å². The zero-order chi connectivity index (χ0) is 15.6. The summed E-state index contributed by atoms with van der Waals surface area (Å²) in [4.78, 5) is 0. The lowest BCUT2D eigenvalue weighted by atomic mass is 10.3. The van der Waals surface area contributed by atoms with Crippen molar-refractivity contribution in [1.82, 2.24) is 15.5 Å². The summed E-state index contributed by atoms with van der Waals surface area (Å²) in [5.41, 5.74) is 1.66. The summed E-state index contributed by atoms with van der Waals surface area (Å²) in [5.74, 6) is 0. The van der Waals surface area contributed by atoms with Crippen molar-refractivity contribution >= 4 is 43.2 Å². The molecule has 0 amide bonds. The Hall–Kier alpha value is -1.09. The van der Waals surface area contributed by atoms with Gasteiger partial charge in [0.15, 0.2) is 0 Å². The van der Waals surface area contributed by atoms with Crippen LogP contribution in [0.15, 0.2) is 27.7 Å². The summed E-state index contributed by atoms with van der Waals surface area (Å²) in [5, 5.41) is 9.90. The Morgan fingerprint density at radius 3 is 2.81 bits per heavy atom. The van der Waals surface area contributed by atoms with Gasteiger partial charge in [0.2, 0.25) is 5.03 Å². The van der Waals surface area contributed by atoms with E-state index in [2.05, 4.69) is 36.2 Å². The molecule has 0 bridgehead atoms. The van der Waals surface area contributed by atoms with Crippen LogP contribution in [0.25, 0.3) is 0 Å². The number of sulfonamides is 1. The number of aryl methyl sites for hydroxylation is 1. The maximum Gasteiger partial charge on any atom is 0.281 e. The van der Waals surface area contributed by atoms with E-state index >= 15 is 0 Å². The number of halogens is 2. The van der Waals surface area contributed by atoms with Crippen LogP contribution >= 0.6 is 27.5 Å². The monoisotopic (exact) mass is 392 g/mol. The van der Waals surface area contributed by atoms with Crippen LogP contribution in [0.5, 0.6) is 0 Å². The summed E-state index contributed by atoms with van der Waals surface area (Å²) >= 11 is 9.22. The largest absolute Gasteiger partial charge is 0.316 e. The van der Waals surface area contributed by atoms with Gasteiger partial charge in [-0.15, -0.1) is 0 Å². The van der Waals surface area contributed by atoms with Gasteiger partial charge in [-0.05, 0) is 42.0 Å². The first-order chi connectivity index (χ1) is 9.86. The highest BCUT2D eigenvalue weighted by Gasteiger charge is 2.24. The van der Waals surface area contributed by atoms with Crippen molar-refractivity contribution in [1.29, 1.82) is 0 Å². The minimum absolute atomic E-state index is 0.0266. The summed E-state index contributed by atoms with van der Waals surface area (Å²) in [6.45, 7) is 2.17. The van der Waals surface area contributed by atoms with Crippen LogP contribution < -0.4 is 10.0 Å². The van der Waals surface area contributed by atoms with Gasteiger partial charge in [0.05, 0.1) is 15.2 Å². The molecule has 0 saturated carbocycles. The Kier molecular flexibility index (Phi) is 4.92. The number of benzene rings is 1. The molecule has 21 heavy (non-hydrogen) atoms. The van der Waals surface area contributed by atoms with Gasteiger partial charge in [0.25, 0.3) is 10.0 Å². The maximum absolute atomic E-state index is 12.5. The molecule has 2 aromatic rings. The van der Waals surface area contributed by atoms with Crippen LogP contribution in [0, 0.1) is 6.92 Å². The van der Waals surface area contributed by atoms with Gasteiger partial charge in [-0.2, -0.15) is 13.5 Å². The van der Waals surface area contributed by atoms with E-state index in [0.29, 0.717) is 33.0 Å². The van der Waals surface area contributed by atoms with Crippen LogP contribution in [0.1, 0.15) is 11.3 Å². The van der Waals surface area contributed by atoms with Gasteiger partial charge in [-0.3, -0.25) is 9.82 Å². The van der Waals surface area contributed by atoms with Gasteiger partial charge >= 0.3 is 0 Å². The lowest BCUT2D eigenvalue weighted by Crippen LogP contribution is -2.17. The molecule has 0 unspecified atom stereocenters. The van der Waals surface area contributed by atoms with E-state index in [9.17, 15) is 8.42 Å². The van der Waals surface area contributed by atoms with Crippen LogP contribution in [-0.2, 0) is 16.6 Å². The van der Waals surface area contributed by atoms with E-state index in [4.69, 9.17) is 11.6 Å². The fourth-order valence-electron chi connectivity index (χ4n) is 1.81. The second kappa shape index (κ2) is 6.35. The minimum Gasteiger partial charge on any atom is -0.316 e. The molecule has 0 radical (unpaired) electrons. The van der Waals surface area contributed by atoms with Gasteiger partial charge in [0, 0.05) is 17.8 Å². The van der Waals surface area contributed by atoms with E-state index in [-0.39, 0.29) is 5.03 Å². The summed E-state index contributed by atoms with van der Waals surface area (Å²) in [6.07, 6.45) is 0. The standard InChI is InChI=1S/C12H14BrClN4O2S/c1-7-8(6-15-2)12(17-16-7)21(19,20)18-10-5-3-4-9(14)11(10)13/h3-5,15,18H,6H2,1-2H3,(H,16,17). The molecule has 1 heterocycles. The number of hydrogen-bond donors (Lipinski definition) is 3. The average molecular weight is 394 g/mol. The molecule has 2 rings (SSSR count). The molecular formula is C12H14BrClN4O2S. The molecule has 6 nitrogen and oxygen atoms in total. The molecule has 0 spiro atoms. The van der Waals surface area contributed by atoms with Gasteiger partial charge in [0.1, 0.15) is 0 Å². The Labute approximate surface area is 136 Å². The maximum atomic E-state index is 12.5. The Bertz CT molecular complexity index is 761. The lowest BCUT2D eigenvalue weighted by molar-refractivity contribution is 0.595. The van der Waals surface area contributed by atoms with Gasteiger partial charge < -0.3 is 5.32 Å². The molecule has 0 aliphatic rings. The molecule has 0 atom stereocenters. The number of H-pyrrole nitrogens is 1. The third-order valence-electron chi connectivity index (χ3n) is 2.84. The molecule has 0 aliphatic carbocycles. The first-order valence-corrected chi connectivity index (χ1v) is 8.67. The molecule has 0 aliphatic heterocycles. The van der Waals surface area contributed by atoms with Crippen molar-refractivity contribution in [2.24, 2.45) is 0 Å². The first-order valence-electron chi connectivity index (χ1n) is 6.02. The van der Waals surface area contributed by atoms with Crippen molar-refractivity contribution in [2.75, 3.05) is 11.8 Å². The highest BCUT2D eigenvalue weighted by Crippen LogP contribution is 2.31. The quantitative estimate of drug-likeness (QED) is 0.729. The Morgan fingerprint density at radius 2 is 2.14 bits per heavy atom. The SMILES string of the molecule is CNCc1c(S(=O)(=O)Nc2cccc(Cl)c2Br)n[nH]c1C. The van der Waals surface area contributed by atoms with Crippen molar-refractivity contribution in [2.45, 2.75) is 18.5 Å². The first kappa shape index (κ1) is 16.3. The summed E-state index contributed by atoms with van der Waals surface area (Å²) in [6, 6.07) is 4.94. The number of aromatic amines is 1. The zero-order valence-electron chi connectivity index (χ0n) is 11.4. The molecular weight excluding hydrogens is 380 g/mol. The summed E-state index contributed by atoms with van der Waals surface area (Å²) in [7, 11) is -2.07. The van der Waals surface area contributed by atoms with Crippen molar-refractivity contribution in [3.05, 3.63) is 39.0 Å². The molecule has 0 fully saturated rings. The topological polar surface area (TPSA) is 86.9 Å². The second-order valence-corrected chi connectivity index (χ2v) is 7.17. The molecule has 1 aromatic heterocycles. The third-order valence-corrected chi connectivity index (χ3v) is 5.57. The van der Waals surface area contributed by atoms with E-state index in [1.54, 1.807) is 32.2 Å². The number of hydrogen-bond acceptors (Lipinski definition) is 4. The number of nitrogens with one attached hydrogen (secondary N) is 3. The number of aromatic nitrogens is 2. The minimum atomic E-state index is -3.81. The number of anilines is 1. The fourth-order valence-corrected chi connectivity index (χ4v) is 3.75. The average Bonchev–Trinajstić information content (AvgIpc) is 2.78. The second-order valence-electron chi connectivity index (χ2n) is 4.37. The zero-order valence-corrected chi connectivity index (χ0v) is 14.5.